The molecule has 4 nitrogen and oxygen atoms in total. The van der Waals surface area contributed by atoms with Crippen LogP contribution < -0.4 is 5.73 Å². The molecule has 1 amide bonds. The number of nitrogens with two attached hydrogens (primary N) is 1. The Bertz CT molecular complexity index is 453. The molecule has 20 heavy (non-hydrogen) atoms. The fraction of sp³-hybridized carbons (Fsp3) is 0.562. The summed E-state index contributed by atoms with van der Waals surface area (Å²) in [6.45, 7) is 6.94. The minimum Gasteiger partial charge on any atom is -0.444 e. The Kier molecular flexibility index (Phi) is 4.33. The third-order valence-electron chi connectivity index (χ3n) is 3.55. The predicted octanol–water partition coefficient (Wildman–Crippen LogP) is 2.74. The van der Waals surface area contributed by atoms with Gasteiger partial charge in [0.15, 0.2) is 0 Å². The van der Waals surface area contributed by atoms with E-state index in [2.05, 4.69) is 12.1 Å². The summed E-state index contributed by atoms with van der Waals surface area (Å²) in [6, 6.07) is 10.2. The van der Waals surface area contributed by atoms with E-state index in [-0.39, 0.29) is 18.1 Å². The first-order chi connectivity index (χ1) is 9.37. The molecule has 1 aromatic rings. The van der Waals surface area contributed by atoms with Crippen molar-refractivity contribution in [2.24, 2.45) is 5.73 Å². The highest BCUT2D eigenvalue weighted by atomic mass is 16.6. The predicted molar refractivity (Wildman–Crippen MR) is 79.6 cm³/mol. The Labute approximate surface area is 120 Å². The molecular weight excluding hydrogens is 252 g/mol. The fourth-order valence-corrected chi connectivity index (χ4v) is 2.52. The summed E-state index contributed by atoms with van der Waals surface area (Å²) in [6.07, 6.45) is 0.559. The number of carbonyl (C=O) groups excluding carboxylic acids is 1. The zero-order valence-electron chi connectivity index (χ0n) is 12.5. The van der Waals surface area contributed by atoms with Crippen LogP contribution in [-0.2, 0) is 4.74 Å². The van der Waals surface area contributed by atoms with Crippen LogP contribution in [0.3, 0.4) is 0 Å². The molecule has 0 spiro atoms. The SMILES string of the molecule is CC(C)(C)OC(=O)N1CCC(N)C(c2ccccc2)C1. The van der Waals surface area contributed by atoms with Crippen LogP contribution in [-0.4, -0.2) is 35.7 Å². The second kappa shape index (κ2) is 5.83. The first-order valence-corrected chi connectivity index (χ1v) is 7.15. The standard InChI is InChI=1S/C16H24N2O2/c1-16(2,3)20-15(19)18-10-9-14(17)13(11-18)12-7-5-4-6-8-12/h4-8,13-14H,9-11,17H2,1-3H3. The van der Waals surface area contributed by atoms with Crippen molar-refractivity contribution in [1.82, 2.24) is 4.90 Å². The highest BCUT2D eigenvalue weighted by Crippen LogP contribution is 2.27. The van der Waals surface area contributed by atoms with Crippen LogP contribution in [0.4, 0.5) is 4.79 Å². The third-order valence-corrected chi connectivity index (χ3v) is 3.55. The van der Waals surface area contributed by atoms with Gasteiger partial charge in [0, 0.05) is 25.0 Å². The number of ether oxygens (including phenoxy) is 1. The number of likely N-dealkylation sites (tertiary alicyclic amines) is 1. The van der Waals surface area contributed by atoms with Gasteiger partial charge in [0.2, 0.25) is 0 Å². The van der Waals surface area contributed by atoms with Crippen LogP contribution in [0.15, 0.2) is 30.3 Å². The average molecular weight is 276 g/mol. The number of benzene rings is 1. The number of hydrogen-bond donors (Lipinski definition) is 1. The molecule has 110 valence electrons. The third kappa shape index (κ3) is 3.73. The molecule has 1 aromatic carbocycles. The normalized spacial score (nSPS) is 23.5. The minimum absolute atomic E-state index is 0.0936. The first-order valence-electron chi connectivity index (χ1n) is 7.15. The van der Waals surface area contributed by atoms with Gasteiger partial charge in [-0.1, -0.05) is 30.3 Å². The van der Waals surface area contributed by atoms with Crippen molar-refractivity contribution in [3.63, 3.8) is 0 Å². The van der Waals surface area contributed by atoms with Crippen molar-refractivity contribution in [2.45, 2.75) is 44.8 Å². The van der Waals surface area contributed by atoms with E-state index in [4.69, 9.17) is 10.5 Å². The lowest BCUT2D eigenvalue weighted by Crippen LogP contribution is -2.49. The number of nitrogens with zero attached hydrogens (tertiary/aromatic N) is 1. The molecule has 2 rings (SSSR count). The maximum Gasteiger partial charge on any atom is 0.410 e. The Morgan fingerprint density at radius 1 is 1.30 bits per heavy atom. The minimum atomic E-state index is -0.459. The van der Waals surface area contributed by atoms with Gasteiger partial charge >= 0.3 is 6.09 Å². The van der Waals surface area contributed by atoms with Crippen molar-refractivity contribution in [2.75, 3.05) is 13.1 Å². The molecule has 0 saturated carbocycles. The summed E-state index contributed by atoms with van der Waals surface area (Å²) in [5, 5.41) is 0. The Hall–Kier alpha value is -1.55. The molecule has 1 aliphatic rings. The van der Waals surface area contributed by atoms with Crippen LogP contribution in [0, 0.1) is 0 Å². The van der Waals surface area contributed by atoms with Gasteiger partial charge in [-0.15, -0.1) is 0 Å². The highest BCUT2D eigenvalue weighted by Gasteiger charge is 2.32. The lowest BCUT2D eigenvalue weighted by atomic mass is 9.87. The van der Waals surface area contributed by atoms with E-state index in [9.17, 15) is 4.79 Å². The molecule has 1 aliphatic heterocycles. The van der Waals surface area contributed by atoms with Crippen molar-refractivity contribution >= 4 is 6.09 Å². The zero-order valence-corrected chi connectivity index (χ0v) is 12.5. The molecule has 0 radical (unpaired) electrons. The topological polar surface area (TPSA) is 55.6 Å². The lowest BCUT2D eigenvalue weighted by molar-refractivity contribution is 0.0186. The van der Waals surface area contributed by atoms with E-state index >= 15 is 0 Å². The molecule has 0 aromatic heterocycles. The first kappa shape index (κ1) is 14.9. The molecule has 2 unspecified atom stereocenters. The van der Waals surface area contributed by atoms with Crippen molar-refractivity contribution in [3.05, 3.63) is 35.9 Å². The summed E-state index contributed by atoms with van der Waals surface area (Å²) in [5.74, 6) is 0.178. The van der Waals surface area contributed by atoms with Gasteiger partial charge in [-0.05, 0) is 32.8 Å². The molecule has 4 heteroatoms. The largest absolute Gasteiger partial charge is 0.444 e. The van der Waals surface area contributed by atoms with Gasteiger partial charge in [0.1, 0.15) is 5.60 Å². The second-order valence-electron chi connectivity index (χ2n) is 6.40. The van der Waals surface area contributed by atoms with E-state index in [1.807, 2.05) is 39.0 Å². The van der Waals surface area contributed by atoms with Gasteiger partial charge in [-0.3, -0.25) is 0 Å². The van der Waals surface area contributed by atoms with Crippen LogP contribution in [0.25, 0.3) is 0 Å². The lowest BCUT2D eigenvalue weighted by Gasteiger charge is -2.37. The van der Waals surface area contributed by atoms with Crippen molar-refractivity contribution < 1.29 is 9.53 Å². The van der Waals surface area contributed by atoms with E-state index in [0.29, 0.717) is 13.1 Å². The quantitative estimate of drug-likeness (QED) is 0.858. The number of piperidine rings is 1. The smallest absolute Gasteiger partial charge is 0.410 e. The van der Waals surface area contributed by atoms with E-state index in [1.165, 1.54) is 5.56 Å². The summed E-state index contributed by atoms with van der Waals surface area (Å²) in [5.41, 5.74) is 6.95. The van der Waals surface area contributed by atoms with E-state index < -0.39 is 5.60 Å². The molecule has 1 fully saturated rings. The van der Waals surface area contributed by atoms with E-state index in [0.717, 1.165) is 6.42 Å². The van der Waals surface area contributed by atoms with Gasteiger partial charge in [-0.2, -0.15) is 0 Å². The molecular formula is C16H24N2O2. The Morgan fingerprint density at radius 3 is 2.55 bits per heavy atom. The Balaban J connectivity index is 2.07. The van der Waals surface area contributed by atoms with Crippen LogP contribution >= 0.6 is 0 Å². The van der Waals surface area contributed by atoms with Crippen LogP contribution in [0.2, 0.25) is 0 Å². The molecule has 0 aliphatic carbocycles. The Morgan fingerprint density at radius 2 is 1.95 bits per heavy atom. The molecule has 2 N–H and O–H groups in total. The van der Waals surface area contributed by atoms with Gasteiger partial charge in [0.25, 0.3) is 0 Å². The van der Waals surface area contributed by atoms with Crippen molar-refractivity contribution in [3.8, 4) is 0 Å². The van der Waals surface area contributed by atoms with E-state index in [1.54, 1.807) is 4.90 Å². The maximum absolute atomic E-state index is 12.2. The monoisotopic (exact) mass is 276 g/mol. The number of amides is 1. The van der Waals surface area contributed by atoms with Gasteiger partial charge in [-0.25, -0.2) is 4.79 Å². The molecule has 2 atom stereocenters. The summed E-state index contributed by atoms with van der Waals surface area (Å²) < 4.78 is 5.44. The van der Waals surface area contributed by atoms with Gasteiger partial charge < -0.3 is 15.4 Å². The molecule has 1 heterocycles. The van der Waals surface area contributed by atoms with Gasteiger partial charge in [0.05, 0.1) is 0 Å². The van der Waals surface area contributed by atoms with Crippen LogP contribution in [0.1, 0.15) is 38.7 Å². The number of carbonyl (C=O) groups is 1. The summed E-state index contributed by atoms with van der Waals surface area (Å²) >= 11 is 0. The molecule has 1 saturated heterocycles. The zero-order chi connectivity index (χ0) is 14.8. The summed E-state index contributed by atoms with van der Waals surface area (Å²) in [4.78, 5) is 13.9. The average Bonchev–Trinajstić information content (AvgIpc) is 2.38. The van der Waals surface area contributed by atoms with Crippen LogP contribution in [0.5, 0.6) is 0 Å². The second-order valence-corrected chi connectivity index (χ2v) is 6.40. The summed E-state index contributed by atoms with van der Waals surface area (Å²) in [7, 11) is 0. The molecule has 0 bridgehead atoms. The number of hydrogen-bond acceptors (Lipinski definition) is 3. The highest BCUT2D eigenvalue weighted by molar-refractivity contribution is 5.68. The number of rotatable bonds is 1. The fourth-order valence-electron chi connectivity index (χ4n) is 2.52. The maximum atomic E-state index is 12.2. The van der Waals surface area contributed by atoms with Crippen molar-refractivity contribution in [1.29, 1.82) is 0 Å².